The molecule has 64 heavy (non-hydrogen) atoms. The van der Waals surface area contributed by atoms with Crippen molar-refractivity contribution in [1.82, 2.24) is 24.5 Å². The van der Waals surface area contributed by atoms with Crippen LogP contribution in [0.2, 0.25) is 18.1 Å². The van der Waals surface area contributed by atoms with Crippen molar-refractivity contribution in [2.75, 3.05) is 13.2 Å². The van der Waals surface area contributed by atoms with E-state index in [1.165, 1.54) is 61.2 Å². The monoisotopic (exact) mass is 906 g/mol. The van der Waals surface area contributed by atoms with Crippen LogP contribution in [0, 0.1) is 63.6 Å². The lowest BCUT2D eigenvalue weighted by molar-refractivity contribution is -0.249. The smallest absolute Gasteiger partial charge is 0.430 e. The number of aromatic amines is 1. The van der Waals surface area contributed by atoms with Crippen molar-refractivity contribution in [3.63, 3.8) is 0 Å². The Morgan fingerprint density at radius 3 is 2.41 bits per heavy atom. The van der Waals surface area contributed by atoms with Gasteiger partial charge in [0.25, 0.3) is 5.56 Å². The van der Waals surface area contributed by atoms with Crippen LogP contribution in [0.15, 0.2) is 34.0 Å². The fraction of sp³-hybridized carbons (Fsp3) is 0.820. The van der Waals surface area contributed by atoms with E-state index in [1.807, 2.05) is 0 Å². The number of aliphatic hydroxyl groups is 1. The van der Waals surface area contributed by atoms with Crippen molar-refractivity contribution in [1.29, 1.82) is 0 Å². The molecule has 356 valence electrons. The number of fused-ring (bicyclic) bond motifs is 7. The van der Waals surface area contributed by atoms with Crippen LogP contribution < -0.4 is 11.2 Å². The molecule has 13 nitrogen and oxygen atoms in total. The molecular weight excluding hydrogens is 827 g/mol. The third-order valence-corrected chi connectivity index (χ3v) is 24.5. The molecule has 0 amide bonds. The van der Waals surface area contributed by atoms with Gasteiger partial charge in [-0.3, -0.25) is 14.3 Å². The number of aliphatic hydroxyl groups excluding tert-OH is 1. The molecule has 5 aliphatic carbocycles. The molecule has 0 aromatic carbocycles. The Morgan fingerprint density at radius 2 is 1.73 bits per heavy atom. The predicted octanol–water partition coefficient (Wildman–Crippen LogP) is 9.66. The zero-order chi connectivity index (χ0) is 46.6. The van der Waals surface area contributed by atoms with Crippen LogP contribution in [-0.2, 0) is 25.2 Å². The first kappa shape index (κ1) is 47.4. The van der Waals surface area contributed by atoms with E-state index >= 15 is 0 Å². The molecule has 6 aliphatic rings. The lowest BCUT2D eigenvalue weighted by atomic mass is 9.32. The largest absolute Gasteiger partial charge is 0.508 e. The average Bonchev–Trinajstić information content (AvgIpc) is 3.95. The highest BCUT2D eigenvalue weighted by Gasteiger charge is 2.71. The molecule has 0 spiro atoms. The molecule has 3 heterocycles. The minimum atomic E-state index is -1.90. The SMILES string of the molecule is C=C(C)[C@@H]1CC[C@]2(CO[Si](C)(C)C(C)(C)C)CC[C@]3(C)[C@H](CC[C@@H]4[C@@]5(C)CC[C@H](OC(=O)OCc6cn([C@@H]7C[C@@H](n8c(C)cc(=O)[nH]c8=O)O[C@H]7CO)nn6)C(C)(C)[C@@H]5CC[C@]43C)[C@@H]12. The lowest BCUT2D eigenvalue weighted by Crippen LogP contribution is -2.67. The second kappa shape index (κ2) is 16.3. The molecule has 14 heteroatoms. The van der Waals surface area contributed by atoms with E-state index in [-0.39, 0.29) is 51.4 Å². The zero-order valence-corrected chi connectivity index (χ0v) is 42.1. The number of aromatic nitrogens is 5. The Balaban J connectivity index is 0.923. The summed E-state index contributed by atoms with van der Waals surface area (Å²) in [4.78, 5) is 40.2. The number of hydrogen-bond donors (Lipinski definition) is 2. The minimum Gasteiger partial charge on any atom is -0.430 e. The Bertz CT molecular complexity index is 2230. The van der Waals surface area contributed by atoms with Gasteiger partial charge in [-0.05, 0) is 147 Å². The number of ether oxygens (including phenoxy) is 3. The number of rotatable bonds is 10. The molecule has 0 radical (unpaired) electrons. The molecule has 2 aromatic heterocycles. The van der Waals surface area contributed by atoms with E-state index < -0.39 is 44.1 Å². The van der Waals surface area contributed by atoms with E-state index in [0.29, 0.717) is 47.4 Å². The molecule has 8 rings (SSSR count). The minimum absolute atomic E-state index is 0.122. The molecule has 1 aliphatic heterocycles. The van der Waals surface area contributed by atoms with Gasteiger partial charge in [-0.2, -0.15) is 0 Å². The van der Waals surface area contributed by atoms with Crippen molar-refractivity contribution >= 4 is 14.5 Å². The maximum absolute atomic E-state index is 13.5. The van der Waals surface area contributed by atoms with Crippen LogP contribution in [-0.4, -0.2) is 69.5 Å². The van der Waals surface area contributed by atoms with Crippen molar-refractivity contribution in [2.45, 2.75) is 189 Å². The van der Waals surface area contributed by atoms with Crippen LogP contribution in [0.4, 0.5) is 4.79 Å². The van der Waals surface area contributed by atoms with Crippen LogP contribution >= 0.6 is 0 Å². The first-order chi connectivity index (χ1) is 29.8. The summed E-state index contributed by atoms with van der Waals surface area (Å²) in [6.07, 6.45) is 11.3. The van der Waals surface area contributed by atoms with Gasteiger partial charge in [-0.1, -0.05) is 72.8 Å². The summed E-state index contributed by atoms with van der Waals surface area (Å²) in [5, 5.41) is 18.8. The van der Waals surface area contributed by atoms with Gasteiger partial charge in [0.05, 0.1) is 18.8 Å². The number of H-pyrrole nitrogens is 1. The molecule has 5 saturated carbocycles. The lowest BCUT2D eigenvalue weighted by Gasteiger charge is -2.73. The third-order valence-electron chi connectivity index (χ3n) is 20.0. The van der Waals surface area contributed by atoms with Gasteiger partial charge in [0, 0.05) is 30.2 Å². The Labute approximate surface area is 382 Å². The van der Waals surface area contributed by atoms with E-state index in [1.54, 1.807) is 17.8 Å². The normalized spacial score (nSPS) is 39.3. The molecule has 2 aromatic rings. The highest BCUT2D eigenvalue weighted by Crippen LogP contribution is 2.77. The summed E-state index contributed by atoms with van der Waals surface area (Å²) >= 11 is 0. The molecule has 0 bridgehead atoms. The van der Waals surface area contributed by atoms with Gasteiger partial charge in [-0.15, -0.1) is 5.10 Å². The molecule has 13 atom stereocenters. The highest BCUT2D eigenvalue weighted by atomic mass is 28.4. The Kier molecular flexibility index (Phi) is 12.1. The number of allylic oxidation sites excluding steroid dienone is 1. The topological polar surface area (TPSA) is 160 Å². The molecule has 6 fully saturated rings. The van der Waals surface area contributed by atoms with E-state index in [9.17, 15) is 19.5 Å². The summed E-state index contributed by atoms with van der Waals surface area (Å²) < 4.78 is 28.1. The van der Waals surface area contributed by atoms with Gasteiger partial charge >= 0.3 is 11.8 Å². The zero-order valence-electron chi connectivity index (χ0n) is 41.1. The van der Waals surface area contributed by atoms with Crippen LogP contribution in [0.1, 0.15) is 157 Å². The van der Waals surface area contributed by atoms with Gasteiger partial charge in [0.15, 0.2) is 8.32 Å². The van der Waals surface area contributed by atoms with Gasteiger partial charge in [0.2, 0.25) is 0 Å². The van der Waals surface area contributed by atoms with Crippen molar-refractivity contribution in [3.05, 3.63) is 56.6 Å². The molecule has 1 saturated heterocycles. The number of nitrogens with one attached hydrogen (secondary N) is 1. The number of aryl methyl sites for hydroxylation is 1. The summed E-state index contributed by atoms with van der Waals surface area (Å²) in [6, 6.07) is 0.892. The second-order valence-electron chi connectivity index (χ2n) is 24.4. The maximum Gasteiger partial charge on any atom is 0.508 e. The van der Waals surface area contributed by atoms with Gasteiger partial charge in [0.1, 0.15) is 30.7 Å². The number of hydrogen-bond acceptors (Lipinski definition) is 10. The van der Waals surface area contributed by atoms with Crippen molar-refractivity contribution < 1.29 is 28.5 Å². The van der Waals surface area contributed by atoms with Gasteiger partial charge < -0.3 is 23.7 Å². The number of nitrogens with zero attached hydrogens (tertiary/aromatic N) is 4. The summed E-state index contributed by atoms with van der Waals surface area (Å²) in [5.74, 6) is 2.87. The fourth-order valence-corrected chi connectivity index (χ4v) is 16.5. The summed E-state index contributed by atoms with van der Waals surface area (Å²) in [6.45, 7) is 33.6. The molecular formula is C50H79N5O8Si. The quantitative estimate of drug-likeness (QED) is 0.134. The molecule has 2 N–H and O–H groups in total. The Hall–Kier alpha value is -3.07. The van der Waals surface area contributed by atoms with Crippen LogP contribution in [0.5, 0.6) is 0 Å². The van der Waals surface area contributed by atoms with Crippen LogP contribution in [0.25, 0.3) is 0 Å². The summed E-state index contributed by atoms with van der Waals surface area (Å²) in [7, 11) is -1.90. The Morgan fingerprint density at radius 1 is 1.00 bits per heavy atom. The predicted molar refractivity (Wildman–Crippen MR) is 248 cm³/mol. The first-order valence-electron chi connectivity index (χ1n) is 24.4. The second-order valence-corrected chi connectivity index (χ2v) is 29.2. The third kappa shape index (κ3) is 7.54. The standard InChI is InChI=1S/C50H79N5O8Si/c1-30(2)33-16-21-50(29-61-64(12,13)45(4,5)6)23-22-48(10)34(42(33)50)14-15-38-47(9)19-18-39(46(7,8)37(47)17-20-49(38,48)11)63-44(59)60-28-32-26-54(53-52-32)35-25-41(62-36(35)27-56)55-31(3)24-40(57)51-43(55)58/h24,26,33-39,41-42,56H,1,14-23,25,27-29H2,2-13H3,(H,51,57,58)/t33-,34+,35+,36-,37-,38+,39-,41-,42+,47-,48+,49+,50+/m0/s1. The molecule has 0 unspecified atom stereocenters. The number of carbonyl (C=O) groups is 1. The van der Waals surface area contributed by atoms with Crippen LogP contribution in [0.3, 0.4) is 0 Å². The number of carbonyl (C=O) groups excluding carboxylic acids is 1. The highest BCUT2D eigenvalue weighted by molar-refractivity contribution is 6.74. The van der Waals surface area contributed by atoms with E-state index in [0.717, 1.165) is 25.9 Å². The van der Waals surface area contributed by atoms with E-state index in [4.69, 9.17) is 18.6 Å². The first-order valence-corrected chi connectivity index (χ1v) is 27.3. The van der Waals surface area contributed by atoms with Crippen molar-refractivity contribution in [2.24, 2.45) is 56.7 Å². The van der Waals surface area contributed by atoms with E-state index in [2.05, 4.69) is 97.3 Å². The average molecular weight is 906 g/mol. The van der Waals surface area contributed by atoms with Gasteiger partial charge in [-0.25, -0.2) is 14.3 Å². The summed E-state index contributed by atoms with van der Waals surface area (Å²) in [5.41, 5.74) is 1.78. The fourth-order valence-electron chi connectivity index (χ4n) is 15.4. The van der Waals surface area contributed by atoms with Crippen molar-refractivity contribution in [3.8, 4) is 0 Å². The maximum atomic E-state index is 13.5.